The quantitative estimate of drug-likeness (QED) is 0.727. The number of aromatic nitrogens is 2. The Morgan fingerprint density at radius 1 is 1.12 bits per heavy atom. The van der Waals surface area contributed by atoms with E-state index in [-0.39, 0.29) is 18.1 Å². The summed E-state index contributed by atoms with van der Waals surface area (Å²) in [6.07, 6.45) is 1.75. The van der Waals surface area contributed by atoms with Crippen LogP contribution in [0.3, 0.4) is 0 Å². The van der Waals surface area contributed by atoms with E-state index in [1.807, 2.05) is 42.5 Å². The lowest BCUT2D eigenvalue weighted by Crippen LogP contribution is -2.39. The number of hydrogen-bond acceptors (Lipinski definition) is 3. The number of carbonyl (C=O) groups excluding carboxylic acids is 1. The Morgan fingerprint density at radius 2 is 1.88 bits per heavy atom. The molecule has 1 aliphatic rings. The Bertz CT molecular complexity index is 1030. The van der Waals surface area contributed by atoms with Gasteiger partial charge < -0.3 is 10.6 Å². The number of aryl methyl sites for hydroxylation is 1. The number of imidazole rings is 1. The van der Waals surface area contributed by atoms with E-state index in [4.69, 9.17) is 5.73 Å². The molecule has 0 radical (unpaired) electrons. The maximum atomic E-state index is 13.0. The van der Waals surface area contributed by atoms with Crippen molar-refractivity contribution in [1.29, 1.82) is 0 Å². The minimum atomic E-state index is -0.181. The fourth-order valence-electron chi connectivity index (χ4n) is 3.65. The normalized spacial score (nSPS) is 13.9. The first-order valence-corrected chi connectivity index (χ1v) is 8.40. The summed E-state index contributed by atoms with van der Waals surface area (Å²) in [7, 11) is 1.72. The predicted molar refractivity (Wildman–Crippen MR) is 98.7 cm³/mol. The average molecular weight is 336 g/mol. The summed E-state index contributed by atoms with van der Waals surface area (Å²) in [5.41, 5.74) is 10.1. The molecule has 25 heavy (non-hydrogen) atoms. The third-order valence-corrected chi connectivity index (χ3v) is 4.93. The molecule has 2 heterocycles. The Balaban J connectivity index is 1.72. The molecule has 0 bridgehead atoms. The van der Waals surface area contributed by atoms with E-state index in [2.05, 4.69) is 0 Å². The lowest BCUT2D eigenvalue weighted by molar-refractivity contribution is -0.119. The number of nitrogens with zero attached hydrogens (tertiary/aromatic N) is 3. The van der Waals surface area contributed by atoms with Crippen LogP contribution in [0.15, 0.2) is 47.3 Å². The van der Waals surface area contributed by atoms with Gasteiger partial charge in [-0.05, 0) is 42.7 Å². The molecule has 0 saturated heterocycles. The number of benzene rings is 2. The molecule has 4 rings (SSSR count). The molecule has 2 aromatic carbocycles. The lowest BCUT2D eigenvalue weighted by Gasteiger charge is -2.30. The highest BCUT2D eigenvalue weighted by Gasteiger charge is 2.25. The van der Waals surface area contributed by atoms with E-state index in [0.29, 0.717) is 6.54 Å². The zero-order chi connectivity index (χ0) is 17.6. The van der Waals surface area contributed by atoms with Crippen LogP contribution in [-0.4, -0.2) is 21.6 Å². The van der Waals surface area contributed by atoms with Crippen LogP contribution in [0, 0.1) is 0 Å². The number of fused-ring (bicyclic) bond motifs is 2. The number of amides is 1. The summed E-state index contributed by atoms with van der Waals surface area (Å²) in [6, 6.07) is 13.2. The molecule has 1 aliphatic heterocycles. The van der Waals surface area contributed by atoms with Gasteiger partial charge in [0.1, 0.15) is 6.54 Å². The molecule has 0 atom stereocenters. The lowest BCUT2D eigenvalue weighted by atomic mass is 10.00. The van der Waals surface area contributed by atoms with Crippen LogP contribution in [-0.2, 0) is 24.8 Å². The van der Waals surface area contributed by atoms with Gasteiger partial charge in [0.15, 0.2) is 0 Å². The molecular formula is C19H20N4O2. The minimum Gasteiger partial charge on any atom is -0.398 e. The molecule has 0 aliphatic carbocycles. The molecule has 1 aromatic heterocycles. The van der Waals surface area contributed by atoms with Crippen LogP contribution in [0.25, 0.3) is 11.0 Å². The van der Waals surface area contributed by atoms with Crippen LogP contribution < -0.4 is 16.3 Å². The number of nitrogen functional groups attached to an aromatic ring is 1. The van der Waals surface area contributed by atoms with Gasteiger partial charge in [0, 0.05) is 25.0 Å². The second-order valence-electron chi connectivity index (χ2n) is 6.41. The number of nitrogens with two attached hydrogens (primary N) is 1. The van der Waals surface area contributed by atoms with Crippen molar-refractivity contribution >= 4 is 28.3 Å². The maximum Gasteiger partial charge on any atom is 0.329 e. The molecule has 0 fully saturated rings. The van der Waals surface area contributed by atoms with Crippen molar-refractivity contribution in [2.45, 2.75) is 19.4 Å². The first-order valence-electron chi connectivity index (χ1n) is 8.40. The van der Waals surface area contributed by atoms with Gasteiger partial charge in [0.25, 0.3) is 0 Å². The van der Waals surface area contributed by atoms with Gasteiger partial charge in [-0.15, -0.1) is 0 Å². The Morgan fingerprint density at radius 3 is 2.68 bits per heavy atom. The maximum absolute atomic E-state index is 13.0. The molecule has 6 heteroatoms. The molecule has 1 amide bonds. The van der Waals surface area contributed by atoms with Crippen LogP contribution in [0.5, 0.6) is 0 Å². The van der Waals surface area contributed by atoms with E-state index >= 15 is 0 Å². The molecule has 6 nitrogen and oxygen atoms in total. The van der Waals surface area contributed by atoms with Crippen molar-refractivity contribution in [2.75, 3.05) is 17.2 Å². The van der Waals surface area contributed by atoms with Crippen molar-refractivity contribution < 1.29 is 4.79 Å². The Hall–Kier alpha value is -3.02. The van der Waals surface area contributed by atoms with Gasteiger partial charge in [-0.25, -0.2) is 4.79 Å². The van der Waals surface area contributed by atoms with Crippen molar-refractivity contribution in [2.24, 2.45) is 7.05 Å². The fourth-order valence-corrected chi connectivity index (χ4v) is 3.65. The Kier molecular flexibility index (Phi) is 3.60. The van der Waals surface area contributed by atoms with E-state index in [1.54, 1.807) is 16.5 Å². The summed E-state index contributed by atoms with van der Waals surface area (Å²) in [6.45, 7) is 0.670. The van der Waals surface area contributed by atoms with Crippen LogP contribution in [0.1, 0.15) is 12.0 Å². The third kappa shape index (κ3) is 2.41. The van der Waals surface area contributed by atoms with Gasteiger partial charge in [0.2, 0.25) is 5.91 Å². The van der Waals surface area contributed by atoms with Crippen LogP contribution in [0.4, 0.5) is 11.4 Å². The molecular weight excluding hydrogens is 316 g/mol. The number of carbonyl (C=O) groups is 1. The smallest absolute Gasteiger partial charge is 0.329 e. The Labute approximate surface area is 145 Å². The molecule has 0 spiro atoms. The van der Waals surface area contributed by atoms with Crippen LogP contribution >= 0.6 is 0 Å². The highest BCUT2D eigenvalue weighted by atomic mass is 16.2. The van der Waals surface area contributed by atoms with Gasteiger partial charge in [0.05, 0.1) is 11.0 Å². The summed E-state index contributed by atoms with van der Waals surface area (Å²) in [4.78, 5) is 27.3. The zero-order valence-corrected chi connectivity index (χ0v) is 14.1. The van der Waals surface area contributed by atoms with Crippen molar-refractivity contribution in [3.05, 3.63) is 58.5 Å². The summed E-state index contributed by atoms with van der Waals surface area (Å²) in [5, 5.41) is 0. The number of rotatable bonds is 2. The van der Waals surface area contributed by atoms with E-state index in [0.717, 1.165) is 40.8 Å². The van der Waals surface area contributed by atoms with Gasteiger partial charge in [-0.1, -0.05) is 18.2 Å². The first kappa shape index (κ1) is 15.5. The molecule has 3 aromatic rings. The van der Waals surface area contributed by atoms with Gasteiger partial charge in [-0.2, -0.15) is 0 Å². The molecule has 0 unspecified atom stereocenters. The average Bonchev–Trinajstić information content (AvgIpc) is 2.87. The number of para-hydroxylation sites is 2. The number of anilines is 2. The fraction of sp³-hybridized carbons (Fsp3) is 0.263. The highest BCUT2D eigenvalue weighted by molar-refractivity contribution is 5.96. The van der Waals surface area contributed by atoms with Crippen LogP contribution in [0.2, 0.25) is 0 Å². The first-order chi connectivity index (χ1) is 12.1. The largest absolute Gasteiger partial charge is 0.398 e. The van der Waals surface area contributed by atoms with Crippen molar-refractivity contribution in [1.82, 2.24) is 9.13 Å². The van der Waals surface area contributed by atoms with E-state index in [1.165, 1.54) is 4.57 Å². The molecule has 128 valence electrons. The number of hydrogen-bond donors (Lipinski definition) is 1. The zero-order valence-electron chi connectivity index (χ0n) is 14.1. The van der Waals surface area contributed by atoms with E-state index in [9.17, 15) is 9.59 Å². The van der Waals surface area contributed by atoms with Gasteiger partial charge >= 0.3 is 5.69 Å². The van der Waals surface area contributed by atoms with Gasteiger partial charge in [-0.3, -0.25) is 13.9 Å². The third-order valence-electron chi connectivity index (χ3n) is 4.93. The minimum absolute atomic E-state index is 0.0222. The topological polar surface area (TPSA) is 73.3 Å². The molecule has 2 N–H and O–H groups in total. The second-order valence-corrected chi connectivity index (χ2v) is 6.41. The summed E-state index contributed by atoms with van der Waals surface area (Å²) < 4.78 is 3.11. The second kappa shape index (κ2) is 5.81. The van der Waals surface area contributed by atoms with Crippen molar-refractivity contribution in [3.63, 3.8) is 0 Å². The van der Waals surface area contributed by atoms with Crippen molar-refractivity contribution in [3.8, 4) is 0 Å². The monoisotopic (exact) mass is 336 g/mol. The highest BCUT2D eigenvalue weighted by Crippen LogP contribution is 2.31. The standard InChI is InChI=1S/C19H20N4O2/c1-21-16-8-2-3-9-17(16)23(19(21)25)12-18(24)22-11-5-6-13-14(20)7-4-10-15(13)22/h2-4,7-10H,5-6,11-12,20H2,1H3. The summed E-state index contributed by atoms with van der Waals surface area (Å²) >= 11 is 0. The summed E-state index contributed by atoms with van der Waals surface area (Å²) in [5.74, 6) is -0.0926. The van der Waals surface area contributed by atoms with E-state index < -0.39 is 0 Å². The molecule has 0 saturated carbocycles. The predicted octanol–water partition coefficient (Wildman–Crippen LogP) is 1.90. The SMILES string of the molecule is Cn1c(=O)n(CC(=O)N2CCCc3c(N)cccc32)c2ccccc21.